The van der Waals surface area contributed by atoms with Crippen molar-refractivity contribution in [3.05, 3.63) is 12.3 Å². The Hall–Kier alpha value is -1.40. The number of likely N-dealkylation sites (N-methyl/N-ethyl adjacent to an activating group) is 1. The van der Waals surface area contributed by atoms with Crippen molar-refractivity contribution in [3.8, 4) is 0 Å². The summed E-state index contributed by atoms with van der Waals surface area (Å²) in [6.07, 6.45) is 2.89. The molecule has 6 heteroatoms. The number of rotatable bonds is 3. The lowest BCUT2D eigenvalue weighted by molar-refractivity contribution is 0.213. The average molecular weight is 236 g/mol. The predicted octanol–water partition coefficient (Wildman–Crippen LogP) is 0.293. The predicted molar refractivity (Wildman–Crippen MR) is 68.8 cm³/mol. The second kappa shape index (κ2) is 5.29. The van der Waals surface area contributed by atoms with Crippen LogP contribution < -0.4 is 16.2 Å². The lowest BCUT2D eigenvalue weighted by Gasteiger charge is -2.39. The minimum absolute atomic E-state index is 0.467. The van der Waals surface area contributed by atoms with E-state index in [0.29, 0.717) is 12.0 Å². The van der Waals surface area contributed by atoms with Gasteiger partial charge in [0.15, 0.2) is 0 Å². The normalized spacial score (nSPS) is 21.6. The Morgan fingerprint density at radius 2 is 2.35 bits per heavy atom. The van der Waals surface area contributed by atoms with E-state index in [4.69, 9.17) is 5.84 Å². The first-order chi connectivity index (χ1) is 8.24. The molecular formula is C11H20N6. The van der Waals surface area contributed by atoms with Gasteiger partial charge in [-0.25, -0.2) is 10.8 Å². The maximum atomic E-state index is 5.32. The Morgan fingerprint density at radius 3 is 3.06 bits per heavy atom. The van der Waals surface area contributed by atoms with Crippen molar-refractivity contribution < 1.29 is 0 Å². The number of nitrogens with one attached hydrogen (secondary N) is 1. The molecule has 0 bridgehead atoms. The summed E-state index contributed by atoms with van der Waals surface area (Å²) < 4.78 is 0. The maximum absolute atomic E-state index is 5.32. The van der Waals surface area contributed by atoms with E-state index in [-0.39, 0.29) is 0 Å². The van der Waals surface area contributed by atoms with Crippen molar-refractivity contribution in [2.75, 3.05) is 37.0 Å². The first-order valence-electron chi connectivity index (χ1n) is 5.99. The van der Waals surface area contributed by atoms with Crippen molar-refractivity contribution >= 4 is 11.8 Å². The smallest absolute Gasteiger partial charge is 0.239 e. The topological polar surface area (TPSA) is 70.3 Å². The van der Waals surface area contributed by atoms with E-state index in [1.807, 2.05) is 6.07 Å². The van der Waals surface area contributed by atoms with Crippen LogP contribution in [0.3, 0.4) is 0 Å². The van der Waals surface area contributed by atoms with Crippen molar-refractivity contribution in [2.45, 2.75) is 19.4 Å². The number of hydrogen-bond acceptors (Lipinski definition) is 6. The summed E-state index contributed by atoms with van der Waals surface area (Å²) in [5.41, 5.74) is 2.48. The molecule has 0 aliphatic carbocycles. The number of aromatic nitrogens is 2. The molecule has 1 aliphatic rings. The molecule has 2 heterocycles. The summed E-state index contributed by atoms with van der Waals surface area (Å²) in [5, 5.41) is 0. The fraction of sp³-hybridized carbons (Fsp3) is 0.636. The Bertz CT molecular complexity index is 369. The van der Waals surface area contributed by atoms with Gasteiger partial charge in [-0.05, 0) is 19.5 Å². The van der Waals surface area contributed by atoms with Crippen molar-refractivity contribution in [1.29, 1.82) is 0 Å². The molecule has 1 unspecified atom stereocenters. The van der Waals surface area contributed by atoms with Gasteiger partial charge in [0.05, 0.1) is 0 Å². The molecule has 1 fully saturated rings. The fourth-order valence-electron chi connectivity index (χ4n) is 2.19. The summed E-state index contributed by atoms with van der Waals surface area (Å²) in [5.74, 6) is 6.73. The number of piperazine rings is 1. The van der Waals surface area contributed by atoms with Crippen LogP contribution in [0.5, 0.6) is 0 Å². The lowest BCUT2D eigenvalue weighted by atomic mass is 10.1. The SMILES string of the molecule is CCC1CN(c2ccnc(NN)n2)CCN1C. The van der Waals surface area contributed by atoms with Crippen LogP contribution in [-0.4, -0.2) is 47.6 Å². The van der Waals surface area contributed by atoms with Crippen LogP contribution >= 0.6 is 0 Å². The second-order valence-electron chi connectivity index (χ2n) is 4.37. The quantitative estimate of drug-likeness (QED) is 0.581. The number of nitrogens with zero attached hydrogens (tertiary/aromatic N) is 4. The highest BCUT2D eigenvalue weighted by Gasteiger charge is 2.23. The van der Waals surface area contributed by atoms with Crippen molar-refractivity contribution in [3.63, 3.8) is 0 Å². The van der Waals surface area contributed by atoms with Crippen LogP contribution in [0.1, 0.15) is 13.3 Å². The lowest BCUT2D eigenvalue weighted by Crippen LogP contribution is -2.51. The molecule has 1 aromatic rings. The number of anilines is 2. The van der Waals surface area contributed by atoms with E-state index in [0.717, 1.165) is 31.9 Å². The highest BCUT2D eigenvalue weighted by molar-refractivity contribution is 5.42. The third-order valence-corrected chi connectivity index (χ3v) is 3.34. The van der Waals surface area contributed by atoms with Crippen LogP contribution in [0, 0.1) is 0 Å². The van der Waals surface area contributed by atoms with Gasteiger partial charge in [-0.2, -0.15) is 4.98 Å². The first-order valence-corrected chi connectivity index (χ1v) is 5.99. The zero-order chi connectivity index (χ0) is 12.3. The molecule has 6 nitrogen and oxygen atoms in total. The largest absolute Gasteiger partial charge is 0.354 e. The average Bonchev–Trinajstić information content (AvgIpc) is 2.39. The Kier molecular flexibility index (Phi) is 3.75. The van der Waals surface area contributed by atoms with Gasteiger partial charge >= 0.3 is 0 Å². The standard InChI is InChI=1S/C11H20N6/c1-3-9-8-17(7-6-16(9)2)10-4-5-13-11(14-10)15-12/h4-5,9H,3,6-8,12H2,1-2H3,(H,13,14,15). The summed E-state index contributed by atoms with van der Waals surface area (Å²) >= 11 is 0. The van der Waals surface area contributed by atoms with Gasteiger partial charge < -0.3 is 4.90 Å². The Labute approximate surface area is 102 Å². The molecule has 1 aromatic heterocycles. The summed E-state index contributed by atoms with van der Waals surface area (Å²) in [6.45, 7) is 5.29. The van der Waals surface area contributed by atoms with E-state index in [2.05, 4.69) is 39.2 Å². The molecule has 0 radical (unpaired) electrons. The van der Waals surface area contributed by atoms with Gasteiger partial charge in [0.2, 0.25) is 5.95 Å². The highest BCUT2D eigenvalue weighted by atomic mass is 15.3. The highest BCUT2D eigenvalue weighted by Crippen LogP contribution is 2.18. The minimum atomic E-state index is 0.467. The number of nitrogens with two attached hydrogens (primary N) is 1. The molecule has 1 atom stereocenters. The van der Waals surface area contributed by atoms with Crippen LogP contribution in [0.15, 0.2) is 12.3 Å². The van der Waals surface area contributed by atoms with Crippen LogP contribution in [0.2, 0.25) is 0 Å². The number of hydrazine groups is 1. The summed E-state index contributed by atoms with van der Waals surface area (Å²) in [7, 11) is 2.18. The third kappa shape index (κ3) is 2.65. The second-order valence-corrected chi connectivity index (χ2v) is 4.37. The van der Waals surface area contributed by atoms with Gasteiger partial charge in [-0.1, -0.05) is 6.92 Å². The number of nitrogen functional groups attached to an aromatic ring is 1. The molecule has 1 saturated heterocycles. The van der Waals surface area contributed by atoms with Gasteiger partial charge in [0.25, 0.3) is 0 Å². The van der Waals surface area contributed by atoms with E-state index < -0.39 is 0 Å². The molecule has 0 aromatic carbocycles. The molecule has 94 valence electrons. The Balaban J connectivity index is 2.11. The van der Waals surface area contributed by atoms with Crippen LogP contribution in [0.4, 0.5) is 11.8 Å². The van der Waals surface area contributed by atoms with E-state index in [1.54, 1.807) is 6.20 Å². The third-order valence-electron chi connectivity index (χ3n) is 3.34. The maximum Gasteiger partial charge on any atom is 0.239 e. The molecule has 0 amide bonds. The van der Waals surface area contributed by atoms with Crippen LogP contribution in [0.25, 0.3) is 0 Å². The molecule has 1 aliphatic heterocycles. The monoisotopic (exact) mass is 236 g/mol. The molecular weight excluding hydrogens is 216 g/mol. The minimum Gasteiger partial charge on any atom is -0.354 e. The van der Waals surface area contributed by atoms with Gasteiger partial charge in [-0.3, -0.25) is 10.3 Å². The fourth-order valence-corrected chi connectivity index (χ4v) is 2.19. The zero-order valence-electron chi connectivity index (χ0n) is 10.4. The van der Waals surface area contributed by atoms with E-state index in [9.17, 15) is 0 Å². The summed E-state index contributed by atoms with van der Waals surface area (Å²) in [6, 6.07) is 2.52. The van der Waals surface area contributed by atoms with Gasteiger partial charge in [0, 0.05) is 31.9 Å². The van der Waals surface area contributed by atoms with Crippen LogP contribution in [-0.2, 0) is 0 Å². The zero-order valence-corrected chi connectivity index (χ0v) is 10.4. The van der Waals surface area contributed by atoms with E-state index >= 15 is 0 Å². The molecule has 0 spiro atoms. The number of hydrogen-bond donors (Lipinski definition) is 2. The molecule has 3 N–H and O–H groups in total. The van der Waals surface area contributed by atoms with E-state index in [1.165, 1.54) is 0 Å². The molecule has 2 rings (SSSR count). The first kappa shape index (κ1) is 12.1. The Morgan fingerprint density at radius 1 is 1.53 bits per heavy atom. The molecule has 17 heavy (non-hydrogen) atoms. The van der Waals surface area contributed by atoms with Gasteiger partial charge in [-0.15, -0.1) is 0 Å². The van der Waals surface area contributed by atoms with Crippen molar-refractivity contribution in [2.24, 2.45) is 5.84 Å². The summed E-state index contributed by atoms with van der Waals surface area (Å²) in [4.78, 5) is 13.1. The van der Waals surface area contributed by atoms with Crippen molar-refractivity contribution in [1.82, 2.24) is 14.9 Å². The molecule has 0 saturated carbocycles. The van der Waals surface area contributed by atoms with Gasteiger partial charge in [0.1, 0.15) is 5.82 Å².